The zero-order chi connectivity index (χ0) is 14.7. The molecule has 108 valence electrons. The molecule has 0 saturated carbocycles. The topological polar surface area (TPSA) is 101 Å². The van der Waals surface area contributed by atoms with E-state index in [2.05, 4.69) is 5.32 Å². The van der Waals surface area contributed by atoms with Crippen LogP contribution >= 0.6 is 0 Å². The Morgan fingerprint density at radius 2 is 2.20 bits per heavy atom. The van der Waals surface area contributed by atoms with Gasteiger partial charge in [0.15, 0.2) is 0 Å². The van der Waals surface area contributed by atoms with E-state index in [1.54, 1.807) is 12.1 Å². The van der Waals surface area contributed by atoms with Gasteiger partial charge in [0.25, 0.3) is 0 Å². The molecule has 6 nitrogen and oxygen atoms in total. The summed E-state index contributed by atoms with van der Waals surface area (Å²) < 4.78 is 0. The number of nitrogens with zero attached hydrogens (tertiary/aromatic N) is 1. The normalized spacial score (nSPS) is 18.9. The molecule has 0 spiro atoms. The molecule has 1 aliphatic rings. The predicted molar refractivity (Wildman–Crippen MR) is 78.0 cm³/mol. The van der Waals surface area contributed by atoms with Gasteiger partial charge < -0.3 is 16.8 Å². The quantitative estimate of drug-likeness (QED) is 0.695. The third kappa shape index (κ3) is 3.27. The third-order valence-corrected chi connectivity index (χ3v) is 3.52. The summed E-state index contributed by atoms with van der Waals surface area (Å²) in [6.45, 7) is 2.80. The highest BCUT2D eigenvalue weighted by molar-refractivity contribution is 5.95. The van der Waals surface area contributed by atoms with Gasteiger partial charge in [-0.2, -0.15) is 0 Å². The zero-order valence-corrected chi connectivity index (χ0v) is 11.6. The van der Waals surface area contributed by atoms with Gasteiger partial charge in [-0.1, -0.05) is 6.07 Å². The van der Waals surface area contributed by atoms with E-state index < -0.39 is 0 Å². The molecule has 1 aromatic rings. The van der Waals surface area contributed by atoms with Gasteiger partial charge in [-0.15, -0.1) is 0 Å². The first kappa shape index (κ1) is 14.3. The van der Waals surface area contributed by atoms with Crippen LogP contribution in [-0.4, -0.2) is 35.8 Å². The van der Waals surface area contributed by atoms with Crippen LogP contribution < -0.4 is 16.8 Å². The number of benzene rings is 1. The van der Waals surface area contributed by atoms with E-state index in [9.17, 15) is 9.59 Å². The summed E-state index contributed by atoms with van der Waals surface area (Å²) in [4.78, 5) is 25.1. The van der Waals surface area contributed by atoms with Crippen molar-refractivity contribution in [1.82, 2.24) is 4.90 Å². The Bertz CT molecular complexity index is 530. The van der Waals surface area contributed by atoms with Crippen molar-refractivity contribution in [2.45, 2.75) is 25.8 Å². The minimum Gasteiger partial charge on any atom is -0.397 e. The van der Waals surface area contributed by atoms with Crippen LogP contribution in [0.15, 0.2) is 18.2 Å². The lowest BCUT2D eigenvalue weighted by atomic mass is 10.2. The van der Waals surface area contributed by atoms with Crippen molar-refractivity contribution in [3.8, 4) is 0 Å². The van der Waals surface area contributed by atoms with Crippen molar-refractivity contribution in [2.75, 3.05) is 24.1 Å². The maximum atomic E-state index is 12.0. The maximum absolute atomic E-state index is 12.0. The van der Waals surface area contributed by atoms with Crippen LogP contribution in [0.1, 0.15) is 18.4 Å². The Hall–Kier alpha value is -2.08. The smallest absolute Gasteiger partial charge is 0.238 e. The van der Waals surface area contributed by atoms with Gasteiger partial charge in [0, 0.05) is 0 Å². The maximum Gasteiger partial charge on any atom is 0.238 e. The van der Waals surface area contributed by atoms with Crippen LogP contribution in [0.5, 0.6) is 0 Å². The molecule has 1 heterocycles. The number of aryl methyl sites for hydroxylation is 1. The van der Waals surface area contributed by atoms with Gasteiger partial charge in [-0.05, 0) is 44.0 Å². The van der Waals surface area contributed by atoms with E-state index in [0.717, 1.165) is 18.4 Å². The minimum absolute atomic E-state index is 0.154. The molecule has 1 unspecified atom stereocenters. The van der Waals surface area contributed by atoms with E-state index in [4.69, 9.17) is 11.5 Å². The number of anilines is 2. The highest BCUT2D eigenvalue weighted by atomic mass is 16.2. The molecule has 1 aliphatic heterocycles. The van der Waals surface area contributed by atoms with Gasteiger partial charge in [-0.25, -0.2) is 0 Å². The average Bonchev–Trinajstić information content (AvgIpc) is 2.81. The highest BCUT2D eigenvalue weighted by Crippen LogP contribution is 2.20. The Morgan fingerprint density at radius 3 is 2.85 bits per heavy atom. The van der Waals surface area contributed by atoms with Crippen molar-refractivity contribution in [1.29, 1.82) is 0 Å². The third-order valence-electron chi connectivity index (χ3n) is 3.52. The number of carbonyl (C=O) groups excluding carboxylic acids is 2. The van der Waals surface area contributed by atoms with Crippen molar-refractivity contribution >= 4 is 23.2 Å². The molecule has 0 aliphatic carbocycles. The highest BCUT2D eigenvalue weighted by Gasteiger charge is 2.30. The lowest BCUT2D eigenvalue weighted by molar-refractivity contribution is -0.123. The lowest BCUT2D eigenvalue weighted by Crippen LogP contribution is -2.43. The summed E-state index contributed by atoms with van der Waals surface area (Å²) in [5, 5.41) is 2.77. The van der Waals surface area contributed by atoms with Gasteiger partial charge >= 0.3 is 0 Å². The largest absolute Gasteiger partial charge is 0.397 e. The van der Waals surface area contributed by atoms with E-state index in [1.807, 2.05) is 17.9 Å². The number of nitrogen functional groups attached to an aromatic ring is 1. The molecule has 5 N–H and O–H groups in total. The van der Waals surface area contributed by atoms with E-state index in [0.29, 0.717) is 17.9 Å². The monoisotopic (exact) mass is 276 g/mol. The summed E-state index contributed by atoms with van der Waals surface area (Å²) >= 11 is 0. The molecule has 0 radical (unpaired) electrons. The van der Waals surface area contributed by atoms with Gasteiger partial charge in [0.05, 0.1) is 24.0 Å². The van der Waals surface area contributed by atoms with Crippen LogP contribution in [0.2, 0.25) is 0 Å². The molecule has 1 atom stereocenters. The molecule has 2 amide bonds. The van der Waals surface area contributed by atoms with Crippen LogP contribution in [0, 0.1) is 6.92 Å². The zero-order valence-electron chi connectivity index (χ0n) is 11.6. The van der Waals surface area contributed by atoms with Gasteiger partial charge in [0.1, 0.15) is 0 Å². The second-order valence-corrected chi connectivity index (χ2v) is 5.17. The van der Waals surface area contributed by atoms with E-state index in [-0.39, 0.29) is 24.4 Å². The number of carbonyl (C=O) groups is 2. The molecular formula is C14H20N4O2. The molecule has 6 heteroatoms. The molecule has 0 aromatic heterocycles. The first-order chi connectivity index (χ1) is 9.47. The molecular weight excluding hydrogens is 256 g/mol. The Morgan fingerprint density at radius 1 is 1.45 bits per heavy atom. The first-order valence-corrected chi connectivity index (χ1v) is 6.66. The molecule has 1 aromatic carbocycles. The Kier molecular flexibility index (Phi) is 4.24. The van der Waals surface area contributed by atoms with Crippen molar-refractivity contribution < 1.29 is 9.59 Å². The Labute approximate surface area is 118 Å². The fourth-order valence-corrected chi connectivity index (χ4v) is 2.51. The van der Waals surface area contributed by atoms with Crippen LogP contribution in [0.25, 0.3) is 0 Å². The number of hydrogen-bond acceptors (Lipinski definition) is 4. The van der Waals surface area contributed by atoms with Crippen molar-refractivity contribution in [3.63, 3.8) is 0 Å². The van der Waals surface area contributed by atoms with Gasteiger partial charge in [-0.3, -0.25) is 14.5 Å². The van der Waals surface area contributed by atoms with Crippen LogP contribution in [0.4, 0.5) is 11.4 Å². The summed E-state index contributed by atoms with van der Waals surface area (Å²) in [6.07, 6.45) is 1.60. The summed E-state index contributed by atoms with van der Waals surface area (Å²) in [6, 6.07) is 5.13. The van der Waals surface area contributed by atoms with Crippen LogP contribution in [-0.2, 0) is 9.59 Å². The number of likely N-dealkylation sites (tertiary alicyclic amines) is 1. The summed E-state index contributed by atoms with van der Waals surface area (Å²) in [5.74, 6) is -0.557. The second-order valence-electron chi connectivity index (χ2n) is 5.17. The number of primary amides is 1. The average molecular weight is 276 g/mol. The molecule has 0 bridgehead atoms. The van der Waals surface area contributed by atoms with E-state index >= 15 is 0 Å². The fraction of sp³-hybridized carbons (Fsp3) is 0.429. The lowest BCUT2D eigenvalue weighted by Gasteiger charge is -2.21. The number of nitrogens with one attached hydrogen (secondary N) is 1. The number of hydrogen-bond donors (Lipinski definition) is 3. The van der Waals surface area contributed by atoms with E-state index in [1.165, 1.54) is 0 Å². The second kappa shape index (κ2) is 5.92. The number of nitrogens with two attached hydrogens (primary N) is 2. The van der Waals surface area contributed by atoms with Crippen LogP contribution in [0.3, 0.4) is 0 Å². The first-order valence-electron chi connectivity index (χ1n) is 6.66. The minimum atomic E-state index is -0.370. The Balaban J connectivity index is 1.97. The predicted octanol–water partition coefficient (Wildman–Crippen LogP) is 0.465. The van der Waals surface area contributed by atoms with Gasteiger partial charge in [0.2, 0.25) is 11.8 Å². The molecule has 1 saturated heterocycles. The van der Waals surface area contributed by atoms with Crippen molar-refractivity contribution in [2.24, 2.45) is 5.73 Å². The number of rotatable bonds is 4. The number of amides is 2. The molecule has 20 heavy (non-hydrogen) atoms. The molecule has 1 fully saturated rings. The standard InChI is InChI=1S/C14H20N4O2/c1-9-4-5-11(10(15)7-9)17-13(19)8-18-6-2-3-12(18)14(16)20/h4-5,7,12H,2-3,6,8,15H2,1H3,(H2,16,20)(H,17,19). The summed E-state index contributed by atoms with van der Waals surface area (Å²) in [5.41, 5.74) is 13.3. The fourth-order valence-electron chi connectivity index (χ4n) is 2.51. The summed E-state index contributed by atoms with van der Waals surface area (Å²) in [7, 11) is 0. The van der Waals surface area contributed by atoms with Crippen molar-refractivity contribution in [3.05, 3.63) is 23.8 Å². The molecule has 2 rings (SSSR count). The SMILES string of the molecule is Cc1ccc(NC(=O)CN2CCCC2C(N)=O)c(N)c1.